The van der Waals surface area contributed by atoms with E-state index in [2.05, 4.69) is 25.3 Å². The lowest BCUT2D eigenvalue weighted by molar-refractivity contribution is 0.581. The van der Waals surface area contributed by atoms with Crippen LogP contribution in [0.4, 0.5) is 5.82 Å². The summed E-state index contributed by atoms with van der Waals surface area (Å²) in [5.74, 6) is 1.37. The van der Waals surface area contributed by atoms with Crippen LogP contribution in [-0.4, -0.2) is 47.2 Å². The fourth-order valence-electron chi connectivity index (χ4n) is 2.13. The summed E-state index contributed by atoms with van der Waals surface area (Å²) in [7, 11) is -3.17. The van der Waals surface area contributed by atoms with Gasteiger partial charge in [0.15, 0.2) is 5.82 Å². The van der Waals surface area contributed by atoms with Gasteiger partial charge in [0.25, 0.3) is 0 Å². The largest absolute Gasteiger partial charge is 0.367 e. The molecule has 2 heterocycles. The van der Waals surface area contributed by atoms with Crippen molar-refractivity contribution in [3.63, 3.8) is 0 Å². The molecule has 2 N–H and O–H groups in total. The van der Waals surface area contributed by atoms with E-state index in [1.54, 1.807) is 10.7 Å². The summed E-state index contributed by atoms with van der Waals surface area (Å²) in [5.41, 5.74) is 1.91. The normalized spacial score (nSPS) is 11.6. The van der Waals surface area contributed by atoms with Gasteiger partial charge in [0, 0.05) is 18.8 Å². The van der Waals surface area contributed by atoms with E-state index in [-0.39, 0.29) is 5.75 Å². The first-order chi connectivity index (χ1) is 10.9. The third-order valence-electron chi connectivity index (χ3n) is 3.10. The standard InChI is InChI=1S/C14H22N6O2S/c1-4-9-23(21,22)16-8-7-15-13-5-6-14(18-17-13)20-12(3)10-11(2)19-20/h5-6,10,16H,4,7-9H2,1-3H3,(H,15,17). The molecule has 0 fully saturated rings. The Balaban J connectivity index is 1.87. The van der Waals surface area contributed by atoms with Crippen LogP contribution in [0.1, 0.15) is 24.7 Å². The molecule has 0 unspecified atom stereocenters. The molecular weight excluding hydrogens is 316 g/mol. The van der Waals surface area contributed by atoms with Crippen molar-refractivity contribution in [1.29, 1.82) is 0 Å². The van der Waals surface area contributed by atoms with Crippen LogP contribution in [0, 0.1) is 13.8 Å². The maximum atomic E-state index is 11.5. The fraction of sp³-hybridized carbons (Fsp3) is 0.500. The van der Waals surface area contributed by atoms with Gasteiger partial charge in [0.2, 0.25) is 10.0 Å². The van der Waals surface area contributed by atoms with Gasteiger partial charge in [-0.1, -0.05) is 6.92 Å². The van der Waals surface area contributed by atoms with Crippen LogP contribution in [0.3, 0.4) is 0 Å². The van der Waals surface area contributed by atoms with Crippen LogP contribution in [0.5, 0.6) is 0 Å². The lowest BCUT2D eigenvalue weighted by Crippen LogP contribution is -2.30. The minimum absolute atomic E-state index is 0.143. The van der Waals surface area contributed by atoms with Gasteiger partial charge in [-0.05, 0) is 38.5 Å². The third-order valence-corrected chi connectivity index (χ3v) is 4.69. The van der Waals surface area contributed by atoms with Crippen LogP contribution in [0.15, 0.2) is 18.2 Å². The molecule has 23 heavy (non-hydrogen) atoms. The number of hydrogen-bond donors (Lipinski definition) is 2. The first kappa shape index (κ1) is 17.4. The van der Waals surface area contributed by atoms with Crippen molar-refractivity contribution in [3.8, 4) is 5.82 Å². The molecule has 0 bridgehead atoms. The van der Waals surface area contributed by atoms with Gasteiger partial charge >= 0.3 is 0 Å². The number of anilines is 1. The average Bonchev–Trinajstić information content (AvgIpc) is 2.83. The summed E-state index contributed by atoms with van der Waals surface area (Å²) >= 11 is 0. The van der Waals surface area contributed by atoms with E-state index >= 15 is 0 Å². The highest BCUT2D eigenvalue weighted by molar-refractivity contribution is 7.89. The van der Waals surface area contributed by atoms with Crippen molar-refractivity contribution >= 4 is 15.8 Å². The summed E-state index contributed by atoms with van der Waals surface area (Å²) in [5, 5.41) is 15.6. The molecule has 8 nitrogen and oxygen atoms in total. The molecule has 0 aliphatic rings. The van der Waals surface area contributed by atoms with E-state index in [1.807, 2.05) is 32.9 Å². The summed E-state index contributed by atoms with van der Waals surface area (Å²) in [4.78, 5) is 0. The molecule has 0 aliphatic heterocycles. The Morgan fingerprint density at radius 2 is 1.96 bits per heavy atom. The van der Waals surface area contributed by atoms with E-state index in [4.69, 9.17) is 0 Å². The van der Waals surface area contributed by atoms with Crippen molar-refractivity contribution in [2.75, 3.05) is 24.2 Å². The number of nitrogens with one attached hydrogen (secondary N) is 2. The molecule has 2 aromatic heterocycles. The number of rotatable bonds is 8. The van der Waals surface area contributed by atoms with Crippen molar-refractivity contribution < 1.29 is 8.42 Å². The molecule has 0 aromatic carbocycles. The van der Waals surface area contributed by atoms with Crippen LogP contribution in [-0.2, 0) is 10.0 Å². The number of aromatic nitrogens is 4. The Labute approximate surface area is 136 Å². The van der Waals surface area contributed by atoms with Crippen LogP contribution >= 0.6 is 0 Å². The SMILES string of the molecule is CCCS(=O)(=O)NCCNc1ccc(-n2nc(C)cc2C)nn1. The minimum atomic E-state index is -3.17. The second kappa shape index (κ2) is 7.51. The number of hydrogen-bond acceptors (Lipinski definition) is 6. The highest BCUT2D eigenvalue weighted by Gasteiger charge is 2.08. The summed E-state index contributed by atoms with van der Waals surface area (Å²) in [6.07, 6.45) is 0.599. The summed E-state index contributed by atoms with van der Waals surface area (Å²) < 4.78 is 27.3. The van der Waals surface area contributed by atoms with E-state index in [0.717, 1.165) is 11.4 Å². The molecule has 9 heteroatoms. The average molecular weight is 338 g/mol. The fourth-order valence-corrected chi connectivity index (χ4v) is 3.23. The first-order valence-corrected chi connectivity index (χ1v) is 9.15. The van der Waals surface area contributed by atoms with Gasteiger partial charge < -0.3 is 5.32 Å². The predicted octanol–water partition coefficient (Wildman–Crippen LogP) is 1.02. The zero-order chi connectivity index (χ0) is 16.9. The lowest BCUT2D eigenvalue weighted by atomic mass is 10.4. The smallest absolute Gasteiger partial charge is 0.211 e. The first-order valence-electron chi connectivity index (χ1n) is 7.50. The maximum Gasteiger partial charge on any atom is 0.211 e. The second-order valence-corrected chi connectivity index (χ2v) is 7.18. The molecular formula is C14H22N6O2S. The monoisotopic (exact) mass is 338 g/mol. The van der Waals surface area contributed by atoms with E-state index in [1.165, 1.54) is 0 Å². The summed E-state index contributed by atoms with van der Waals surface area (Å²) in [6, 6.07) is 5.58. The highest BCUT2D eigenvalue weighted by atomic mass is 32.2. The van der Waals surface area contributed by atoms with Gasteiger partial charge in [0.1, 0.15) is 5.82 Å². The molecule has 0 saturated carbocycles. The minimum Gasteiger partial charge on any atom is -0.367 e. The Bertz CT molecular complexity index is 739. The highest BCUT2D eigenvalue weighted by Crippen LogP contribution is 2.10. The Morgan fingerprint density at radius 3 is 2.52 bits per heavy atom. The molecule has 2 aromatic rings. The van der Waals surface area contributed by atoms with Crippen molar-refractivity contribution in [3.05, 3.63) is 29.6 Å². The summed E-state index contributed by atoms with van der Waals surface area (Å²) in [6.45, 7) is 6.46. The Morgan fingerprint density at radius 1 is 1.17 bits per heavy atom. The van der Waals surface area contributed by atoms with Crippen LogP contribution in [0.2, 0.25) is 0 Å². The van der Waals surface area contributed by atoms with E-state index in [9.17, 15) is 8.42 Å². The van der Waals surface area contributed by atoms with Gasteiger partial charge in [0.05, 0.1) is 11.4 Å². The van der Waals surface area contributed by atoms with Gasteiger partial charge in [-0.2, -0.15) is 5.10 Å². The van der Waals surface area contributed by atoms with Crippen LogP contribution < -0.4 is 10.0 Å². The molecule has 2 rings (SSSR count). The Kier molecular flexibility index (Phi) is 5.67. The molecule has 0 radical (unpaired) electrons. The van der Waals surface area contributed by atoms with Crippen molar-refractivity contribution in [2.45, 2.75) is 27.2 Å². The van der Waals surface area contributed by atoms with Crippen molar-refractivity contribution in [1.82, 2.24) is 24.7 Å². The van der Waals surface area contributed by atoms with E-state index in [0.29, 0.717) is 31.1 Å². The number of nitrogens with zero attached hydrogens (tertiary/aromatic N) is 4. The molecule has 126 valence electrons. The molecule has 0 saturated heterocycles. The van der Waals surface area contributed by atoms with E-state index < -0.39 is 10.0 Å². The quantitative estimate of drug-likeness (QED) is 0.697. The van der Waals surface area contributed by atoms with Gasteiger partial charge in [-0.25, -0.2) is 17.8 Å². The molecule has 0 aliphatic carbocycles. The van der Waals surface area contributed by atoms with Gasteiger partial charge in [-0.15, -0.1) is 10.2 Å². The van der Waals surface area contributed by atoms with Gasteiger partial charge in [-0.3, -0.25) is 0 Å². The number of sulfonamides is 1. The molecule has 0 atom stereocenters. The van der Waals surface area contributed by atoms with Crippen molar-refractivity contribution in [2.24, 2.45) is 0 Å². The predicted molar refractivity (Wildman–Crippen MR) is 89.2 cm³/mol. The van der Waals surface area contributed by atoms with Crippen LogP contribution in [0.25, 0.3) is 5.82 Å². The Hall–Kier alpha value is -2.00. The number of aryl methyl sites for hydroxylation is 2. The zero-order valence-electron chi connectivity index (χ0n) is 13.6. The lowest BCUT2D eigenvalue weighted by Gasteiger charge is -2.08. The topological polar surface area (TPSA) is 102 Å². The maximum absolute atomic E-state index is 11.5. The molecule has 0 spiro atoms. The third kappa shape index (κ3) is 5.00. The second-order valence-electron chi connectivity index (χ2n) is 5.26. The molecule has 0 amide bonds. The zero-order valence-corrected chi connectivity index (χ0v) is 14.4.